The molecule has 0 spiro atoms. The van der Waals surface area contributed by atoms with E-state index in [1.54, 1.807) is 12.3 Å². The maximum absolute atomic E-state index is 10.9. The number of hydrogen-bond donors (Lipinski definition) is 2. The molecule has 3 nitrogen and oxygen atoms in total. The molecule has 2 N–H and O–H groups in total. The number of nitrogens with one attached hydrogen (secondary N) is 2. The van der Waals surface area contributed by atoms with Crippen molar-refractivity contribution in [2.24, 2.45) is 0 Å². The highest BCUT2D eigenvalue weighted by Gasteiger charge is 1.99. The zero-order valence-electron chi connectivity index (χ0n) is 5.93. The summed E-state index contributed by atoms with van der Waals surface area (Å²) in [5.74, 6) is 0.995. The molecule has 0 radical (unpaired) electrons. The lowest BCUT2D eigenvalue weighted by Gasteiger charge is -1.98. The van der Waals surface area contributed by atoms with Gasteiger partial charge in [0.1, 0.15) is 5.82 Å². The van der Waals surface area contributed by atoms with Crippen LogP contribution in [-0.4, -0.2) is 16.8 Å². The Kier molecular flexibility index (Phi) is 2.98. The van der Waals surface area contributed by atoms with Gasteiger partial charge in [-0.3, -0.25) is 4.79 Å². The first-order chi connectivity index (χ1) is 5.33. The van der Waals surface area contributed by atoms with Crippen molar-refractivity contribution in [3.63, 3.8) is 0 Å². The molecular formula is C7H9ClN2O. The van der Waals surface area contributed by atoms with E-state index in [0.29, 0.717) is 18.1 Å². The first kappa shape index (κ1) is 8.14. The van der Waals surface area contributed by atoms with Gasteiger partial charge in [-0.15, -0.1) is 11.6 Å². The van der Waals surface area contributed by atoms with Gasteiger partial charge in [0, 0.05) is 18.5 Å². The summed E-state index contributed by atoms with van der Waals surface area (Å²) < 4.78 is 0. The highest BCUT2D eigenvalue weighted by molar-refractivity contribution is 6.19. The van der Waals surface area contributed by atoms with E-state index in [1.807, 2.05) is 6.07 Å². The van der Waals surface area contributed by atoms with Crippen LogP contribution in [0, 0.1) is 0 Å². The maximum Gasteiger partial charge on any atom is 0.226 e. The molecule has 0 atom stereocenters. The number of rotatable bonds is 3. The summed E-state index contributed by atoms with van der Waals surface area (Å²) in [6.07, 6.45) is 2.09. The third-order valence-electron chi connectivity index (χ3n) is 1.19. The average molecular weight is 173 g/mol. The lowest BCUT2D eigenvalue weighted by Crippen LogP contribution is -2.11. The second-order valence-electron chi connectivity index (χ2n) is 2.07. The van der Waals surface area contributed by atoms with Crippen LogP contribution in [0.2, 0.25) is 0 Å². The van der Waals surface area contributed by atoms with Crippen molar-refractivity contribution in [2.45, 2.75) is 6.42 Å². The number of alkyl halides is 1. The standard InChI is InChI=1S/C7H9ClN2O/c8-4-3-7(11)10-6-2-1-5-9-6/h1-2,5,9H,3-4H2,(H,10,11). The van der Waals surface area contributed by atoms with Crippen molar-refractivity contribution in [1.29, 1.82) is 0 Å². The minimum Gasteiger partial charge on any atom is -0.348 e. The largest absolute Gasteiger partial charge is 0.348 e. The minimum atomic E-state index is -0.0672. The van der Waals surface area contributed by atoms with Crippen LogP contribution < -0.4 is 5.32 Å². The summed E-state index contributed by atoms with van der Waals surface area (Å²) in [5, 5.41) is 2.64. The van der Waals surface area contributed by atoms with Gasteiger partial charge >= 0.3 is 0 Å². The number of aromatic nitrogens is 1. The van der Waals surface area contributed by atoms with E-state index < -0.39 is 0 Å². The van der Waals surface area contributed by atoms with Gasteiger partial charge < -0.3 is 10.3 Å². The first-order valence-corrected chi connectivity index (χ1v) is 3.85. The third kappa shape index (κ3) is 2.63. The molecule has 0 bridgehead atoms. The fourth-order valence-corrected chi connectivity index (χ4v) is 0.878. The molecule has 0 saturated heterocycles. The molecule has 1 aromatic heterocycles. The molecule has 11 heavy (non-hydrogen) atoms. The zero-order chi connectivity index (χ0) is 8.10. The first-order valence-electron chi connectivity index (χ1n) is 3.32. The average Bonchev–Trinajstić information content (AvgIpc) is 2.40. The zero-order valence-corrected chi connectivity index (χ0v) is 6.69. The van der Waals surface area contributed by atoms with E-state index >= 15 is 0 Å². The quantitative estimate of drug-likeness (QED) is 0.669. The Morgan fingerprint density at radius 2 is 2.55 bits per heavy atom. The molecule has 0 aromatic carbocycles. The van der Waals surface area contributed by atoms with Crippen molar-refractivity contribution in [3.05, 3.63) is 18.3 Å². The van der Waals surface area contributed by atoms with Crippen LogP contribution in [0.3, 0.4) is 0 Å². The van der Waals surface area contributed by atoms with Crippen LogP contribution >= 0.6 is 11.6 Å². The number of carbonyl (C=O) groups excluding carboxylic acids is 1. The highest BCUT2D eigenvalue weighted by Crippen LogP contribution is 2.01. The number of amides is 1. The van der Waals surface area contributed by atoms with Gasteiger partial charge in [0.05, 0.1) is 0 Å². The molecular weight excluding hydrogens is 164 g/mol. The molecule has 0 aliphatic carbocycles. The molecule has 1 amide bonds. The monoisotopic (exact) mass is 172 g/mol. The lowest BCUT2D eigenvalue weighted by atomic mass is 10.4. The number of aromatic amines is 1. The summed E-state index contributed by atoms with van der Waals surface area (Å²) in [4.78, 5) is 13.7. The van der Waals surface area contributed by atoms with E-state index in [2.05, 4.69) is 10.3 Å². The number of H-pyrrole nitrogens is 1. The molecule has 1 rings (SSSR count). The molecule has 1 heterocycles. The number of halogens is 1. The van der Waals surface area contributed by atoms with E-state index in [4.69, 9.17) is 11.6 Å². The molecule has 0 unspecified atom stereocenters. The normalized spacial score (nSPS) is 9.55. The van der Waals surface area contributed by atoms with Gasteiger partial charge in [-0.1, -0.05) is 0 Å². The van der Waals surface area contributed by atoms with E-state index in [1.165, 1.54) is 0 Å². The van der Waals surface area contributed by atoms with Crippen molar-refractivity contribution in [3.8, 4) is 0 Å². The predicted molar refractivity (Wildman–Crippen MR) is 44.8 cm³/mol. The molecule has 0 fully saturated rings. The second kappa shape index (κ2) is 4.03. The maximum atomic E-state index is 10.9. The summed E-state index contributed by atoms with van der Waals surface area (Å²) >= 11 is 5.37. The molecule has 0 aliphatic rings. The van der Waals surface area contributed by atoms with Gasteiger partial charge in [-0.05, 0) is 12.1 Å². The van der Waals surface area contributed by atoms with Crippen LogP contribution in [0.1, 0.15) is 6.42 Å². The lowest BCUT2D eigenvalue weighted by molar-refractivity contribution is -0.115. The second-order valence-corrected chi connectivity index (χ2v) is 2.45. The number of anilines is 1. The smallest absolute Gasteiger partial charge is 0.226 e. The Balaban J connectivity index is 2.37. The van der Waals surface area contributed by atoms with Crippen LogP contribution in [-0.2, 0) is 4.79 Å². The highest BCUT2D eigenvalue weighted by atomic mass is 35.5. The molecule has 0 aliphatic heterocycles. The predicted octanol–water partition coefficient (Wildman–Crippen LogP) is 1.58. The SMILES string of the molecule is O=C(CCCl)Nc1ccc[nH]1. The van der Waals surface area contributed by atoms with Crippen LogP contribution in [0.15, 0.2) is 18.3 Å². The minimum absolute atomic E-state index is 0.0672. The summed E-state index contributed by atoms with van der Waals surface area (Å²) in [5.41, 5.74) is 0. The molecule has 4 heteroatoms. The van der Waals surface area contributed by atoms with Crippen LogP contribution in [0.5, 0.6) is 0 Å². The summed E-state index contributed by atoms with van der Waals surface area (Å²) in [6, 6.07) is 3.60. The molecule has 60 valence electrons. The topological polar surface area (TPSA) is 44.9 Å². The number of hydrogen-bond acceptors (Lipinski definition) is 1. The van der Waals surface area contributed by atoms with Crippen molar-refractivity contribution in [2.75, 3.05) is 11.2 Å². The van der Waals surface area contributed by atoms with Gasteiger partial charge in [0.15, 0.2) is 0 Å². The van der Waals surface area contributed by atoms with E-state index in [0.717, 1.165) is 0 Å². The molecule has 1 aromatic rings. The van der Waals surface area contributed by atoms with Gasteiger partial charge in [0.25, 0.3) is 0 Å². The van der Waals surface area contributed by atoms with E-state index in [-0.39, 0.29) is 5.91 Å². The van der Waals surface area contributed by atoms with Gasteiger partial charge in [-0.2, -0.15) is 0 Å². The fraction of sp³-hybridized carbons (Fsp3) is 0.286. The van der Waals surface area contributed by atoms with Crippen molar-refractivity contribution >= 4 is 23.3 Å². The Labute approximate surface area is 69.8 Å². The van der Waals surface area contributed by atoms with Crippen LogP contribution in [0.4, 0.5) is 5.82 Å². The van der Waals surface area contributed by atoms with E-state index in [9.17, 15) is 4.79 Å². The Bertz CT molecular complexity index is 220. The summed E-state index contributed by atoms with van der Waals surface area (Å²) in [7, 11) is 0. The summed E-state index contributed by atoms with van der Waals surface area (Å²) in [6.45, 7) is 0. The van der Waals surface area contributed by atoms with Gasteiger partial charge in [-0.25, -0.2) is 0 Å². The third-order valence-corrected chi connectivity index (χ3v) is 1.38. The molecule has 0 saturated carbocycles. The fourth-order valence-electron chi connectivity index (χ4n) is 0.707. The Morgan fingerprint density at radius 3 is 3.09 bits per heavy atom. The Morgan fingerprint density at radius 1 is 1.73 bits per heavy atom. The van der Waals surface area contributed by atoms with Crippen molar-refractivity contribution in [1.82, 2.24) is 4.98 Å². The van der Waals surface area contributed by atoms with Gasteiger partial charge in [0.2, 0.25) is 5.91 Å². The van der Waals surface area contributed by atoms with Crippen molar-refractivity contribution < 1.29 is 4.79 Å². The Hall–Kier alpha value is -0.960. The number of carbonyl (C=O) groups is 1. The van der Waals surface area contributed by atoms with Crippen LogP contribution in [0.25, 0.3) is 0 Å².